The Balaban J connectivity index is 1.74. The summed E-state index contributed by atoms with van der Waals surface area (Å²) in [4.78, 5) is 0. The molecule has 1 nitrogen and oxygen atoms in total. The van der Waals surface area contributed by atoms with E-state index in [9.17, 15) is 0 Å². The van der Waals surface area contributed by atoms with Crippen LogP contribution in [-0.2, 0) is 0 Å². The maximum Gasteiger partial charge on any atom is 0.0406 e. The predicted octanol–water partition coefficient (Wildman–Crippen LogP) is 5.00. The summed E-state index contributed by atoms with van der Waals surface area (Å²) in [5.41, 5.74) is 1.95. The molecule has 3 rings (SSSR count). The zero-order valence-electron chi connectivity index (χ0n) is 12.7. The molecule has 0 aromatic heterocycles. The van der Waals surface area contributed by atoms with Gasteiger partial charge in [-0.2, -0.15) is 0 Å². The Hall–Kier alpha value is -0.530. The van der Waals surface area contributed by atoms with Crippen LogP contribution < -0.4 is 5.32 Å². The Labute approximate surface area is 128 Å². The SMILES string of the molecule is CC1(C)CCC(CNC2CC2)C(c2ccc(Cl)cc2)C1. The van der Waals surface area contributed by atoms with Crippen molar-refractivity contribution in [2.45, 2.75) is 57.9 Å². The third kappa shape index (κ3) is 3.56. The molecule has 0 saturated heterocycles. The summed E-state index contributed by atoms with van der Waals surface area (Å²) in [6, 6.07) is 9.38. The molecule has 110 valence electrons. The van der Waals surface area contributed by atoms with Crippen LogP contribution in [0.25, 0.3) is 0 Å². The van der Waals surface area contributed by atoms with Gasteiger partial charge in [-0.1, -0.05) is 37.6 Å². The van der Waals surface area contributed by atoms with Gasteiger partial charge in [-0.25, -0.2) is 0 Å². The van der Waals surface area contributed by atoms with Gasteiger partial charge in [0.2, 0.25) is 0 Å². The number of nitrogens with one attached hydrogen (secondary N) is 1. The molecular weight excluding hydrogens is 266 g/mol. The first-order chi connectivity index (χ1) is 9.53. The van der Waals surface area contributed by atoms with Crippen molar-refractivity contribution in [2.75, 3.05) is 6.54 Å². The van der Waals surface area contributed by atoms with Crippen LogP contribution in [0.5, 0.6) is 0 Å². The number of halogens is 1. The van der Waals surface area contributed by atoms with E-state index in [0.29, 0.717) is 11.3 Å². The molecule has 2 heteroatoms. The first-order valence-corrected chi connectivity index (χ1v) is 8.40. The Morgan fingerprint density at radius 1 is 1.15 bits per heavy atom. The predicted molar refractivity (Wildman–Crippen MR) is 86.3 cm³/mol. The quantitative estimate of drug-likeness (QED) is 0.823. The van der Waals surface area contributed by atoms with Crippen LogP contribution >= 0.6 is 11.6 Å². The number of benzene rings is 1. The second kappa shape index (κ2) is 5.69. The average molecular weight is 292 g/mol. The van der Waals surface area contributed by atoms with Crippen LogP contribution in [0.1, 0.15) is 57.4 Å². The van der Waals surface area contributed by atoms with Crippen molar-refractivity contribution in [3.05, 3.63) is 34.9 Å². The monoisotopic (exact) mass is 291 g/mol. The van der Waals surface area contributed by atoms with Crippen molar-refractivity contribution < 1.29 is 0 Å². The maximum absolute atomic E-state index is 6.04. The van der Waals surface area contributed by atoms with Crippen LogP contribution in [0.2, 0.25) is 5.02 Å². The van der Waals surface area contributed by atoms with Gasteiger partial charge < -0.3 is 5.32 Å². The molecule has 2 saturated carbocycles. The first kappa shape index (κ1) is 14.4. The maximum atomic E-state index is 6.04. The molecule has 0 aliphatic heterocycles. The highest BCUT2D eigenvalue weighted by Gasteiger charge is 2.36. The van der Waals surface area contributed by atoms with E-state index in [2.05, 4.69) is 31.3 Å². The van der Waals surface area contributed by atoms with E-state index in [1.165, 1.54) is 44.2 Å². The highest BCUT2D eigenvalue weighted by molar-refractivity contribution is 6.30. The van der Waals surface area contributed by atoms with Gasteiger partial charge in [-0.15, -0.1) is 0 Å². The highest BCUT2D eigenvalue weighted by atomic mass is 35.5. The fourth-order valence-corrected chi connectivity index (χ4v) is 3.72. The van der Waals surface area contributed by atoms with Crippen molar-refractivity contribution >= 4 is 11.6 Å². The zero-order valence-corrected chi connectivity index (χ0v) is 13.4. The summed E-state index contributed by atoms with van der Waals surface area (Å²) in [5.74, 6) is 1.46. The van der Waals surface area contributed by atoms with Gasteiger partial charge in [0.25, 0.3) is 0 Å². The van der Waals surface area contributed by atoms with Crippen LogP contribution in [-0.4, -0.2) is 12.6 Å². The topological polar surface area (TPSA) is 12.0 Å². The van der Waals surface area contributed by atoms with E-state index >= 15 is 0 Å². The molecule has 2 atom stereocenters. The minimum Gasteiger partial charge on any atom is -0.314 e. The van der Waals surface area contributed by atoms with Gasteiger partial charge in [0.05, 0.1) is 0 Å². The summed E-state index contributed by atoms with van der Waals surface area (Å²) in [6.45, 7) is 6.02. The van der Waals surface area contributed by atoms with Gasteiger partial charge >= 0.3 is 0 Å². The van der Waals surface area contributed by atoms with Crippen LogP contribution in [0.3, 0.4) is 0 Å². The van der Waals surface area contributed by atoms with Crippen molar-refractivity contribution in [1.82, 2.24) is 5.32 Å². The molecule has 2 unspecified atom stereocenters. The lowest BCUT2D eigenvalue weighted by molar-refractivity contribution is 0.159. The highest BCUT2D eigenvalue weighted by Crippen LogP contribution is 2.46. The molecule has 0 amide bonds. The minimum absolute atomic E-state index is 0.473. The lowest BCUT2D eigenvalue weighted by Crippen LogP contribution is -2.35. The van der Waals surface area contributed by atoms with Gasteiger partial charge in [-0.05, 0) is 73.6 Å². The molecule has 0 radical (unpaired) electrons. The van der Waals surface area contributed by atoms with E-state index in [1.54, 1.807) is 0 Å². The second-order valence-corrected chi connectivity index (χ2v) is 7.94. The number of hydrogen-bond donors (Lipinski definition) is 1. The van der Waals surface area contributed by atoms with E-state index in [-0.39, 0.29) is 0 Å². The van der Waals surface area contributed by atoms with Crippen molar-refractivity contribution in [1.29, 1.82) is 0 Å². The summed E-state index contributed by atoms with van der Waals surface area (Å²) >= 11 is 6.04. The Bertz CT molecular complexity index is 445. The standard InChI is InChI=1S/C18H26ClN/c1-18(2)10-9-14(12-20-16-7-8-16)17(11-18)13-3-5-15(19)6-4-13/h3-6,14,16-17,20H,7-12H2,1-2H3. The van der Waals surface area contributed by atoms with Gasteiger partial charge in [0, 0.05) is 11.1 Å². The molecule has 0 bridgehead atoms. The third-order valence-corrected chi connectivity index (χ3v) is 5.33. The fraction of sp³-hybridized carbons (Fsp3) is 0.667. The molecule has 2 aliphatic carbocycles. The molecule has 1 aromatic rings. The molecule has 1 N–H and O–H groups in total. The molecule has 0 heterocycles. The second-order valence-electron chi connectivity index (χ2n) is 7.51. The van der Waals surface area contributed by atoms with Crippen LogP contribution in [0.4, 0.5) is 0 Å². The van der Waals surface area contributed by atoms with Crippen molar-refractivity contribution in [3.63, 3.8) is 0 Å². The van der Waals surface area contributed by atoms with Gasteiger partial charge in [0.1, 0.15) is 0 Å². The summed E-state index contributed by atoms with van der Waals surface area (Å²) < 4.78 is 0. The van der Waals surface area contributed by atoms with E-state index in [0.717, 1.165) is 17.0 Å². The Morgan fingerprint density at radius 3 is 2.50 bits per heavy atom. The number of hydrogen-bond acceptors (Lipinski definition) is 1. The molecule has 0 spiro atoms. The lowest BCUT2D eigenvalue weighted by Gasteiger charge is -2.41. The number of rotatable bonds is 4. The van der Waals surface area contributed by atoms with Crippen molar-refractivity contribution in [3.8, 4) is 0 Å². The summed E-state index contributed by atoms with van der Waals surface area (Å²) in [6.07, 6.45) is 6.76. The average Bonchev–Trinajstić information content (AvgIpc) is 3.22. The minimum atomic E-state index is 0.473. The lowest BCUT2D eigenvalue weighted by atomic mass is 9.65. The summed E-state index contributed by atoms with van der Waals surface area (Å²) in [7, 11) is 0. The first-order valence-electron chi connectivity index (χ1n) is 8.02. The van der Waals surface area contributed by atoms with E-state index in [4.69, 9.17) is 11.6 Å². The smallest absolute Gasteiger partial charge is 0.0406 e. The van der Waals surface area contributed by atoms with Gasteiger partial charge in [-0.3, -0.25) is 0 Å². The zero-order chi connectivity index (χ0) is 14.2. The normalized spacial score (nSPS) is 29.4. The molecule has 2 aliphatic rings. The Morgan fingerprint density at radius 2 is 1.85 bits per heavy atom. The third-order valence-electron chi connectivity index (χ3n) is 5.08. The van der Waals surface area contributed by atoms with E-state index in [1.807, 2.05) is 12.1 Å². The molecule has 2 fully saturated rings. The fourth-order valence-electron chi connectivity index (χ4n) is 3.59. The molecule has 20 heavy (non-hydrogen) atoms. The van der Waals surface area contributed by atoms with Crippen molar-refractivity contribution in [2.24, 2.45) is 11.3 Å². The molecule has 1 aromatic carbocycles. The van der Waals surface area contributed by atoms with Gasteiger partial charge in [0.15, 0.2) is 0 Å². The Kier molecular flexibility index (Phi) is 4.10. The van der Waals surface area contributed by atoms with E-state index < -0.39 is 0 Å². The largest absolute Gasteiger partial charge is 0.314 e. The van der Waals surface area contributed by atoms with Crippen LogP contribution in [0, 0.1) is 11.3 Å². The van der Waals surface area contributed by atoms with Crippen LogP contribution in [0.15, 0.2) is 24.3 Å². The summed E-state index contributed by atoms with van der Waals surface area (Å²) in [5, 5.41) is 4.58. The molecular formula is C18H26ClN.